The SMILES string of the molecule is CC1CCCNC1CNC(=O)C1Cc2ccccc2O1. The molecule has 3 atom stereocenters. The summed E-state index contributed by atoms with van der Waals surface area (Å²) in [6.07, 6.45) is 2.77. The maximum atomic E-state index is 12.2. The van der Waals surface area contributed by atoms with E-state index in [-0.39, 0.29) is 12.0 Å². The van der Waals surface area contributed by atoms with Crippen molar-refractivity contribution in [2.45, 2.75) is 38.3 Å². The summed E-state index contributed by atoms with van der Waals surface area (Å²) in [5.41, 5.74) is 1.12. The number of fused-ring (bicyclic) bond motifs is 1. The third-order valence-electron chi connectivity index (χ3n) is 4.37. The summed E-state index contributed by atoms with van der Waals surface area (Å²) in [5, 5.41) is 6.51. The van der Waals surface area contributed by atoms with E-state index in [2.05, 4.69) is 17.6 Å². The predicted molar refractivity (Wildman–Crippen MR) is 77.8 cm³/mol. The number of nitrogens with one attached hydrogen (secondary N) is 2. The highest BCUT2D eigenvalue weighted by Gasteiger charge is 2.29. The number of benzene rings is 1. The smallest absolute Gasteiger partial charge is 0.261 e. The number of para-hydroxylation sites is 1. The van der Waals surface area contributed by atoms with Gasteiger partial charge in [-0.25, -0.2) is 0 Å². The molecule has 4 nitrogen and oxygen atoms in total. The Morgan fingerprint density at radius 2 is 2.30 bits per heavy atom. The van der Waals surface area contributed by atoms with E-state index in [1.807, 2.05) is 24.3 Å². The highest BCUT2D eigenvalue weighted by molar-refractivity contribution is 5.82. The number of hydrogen-bond acceptors (Lipinski definition) is 3. The van der Waals surface area contributed by atoms with Crippen LogP contribution in [0.1, 0.15) is 25.3 Å². The summed E-state index contributed by atoms with van der Waals surface area (Å²) < 4.78 is 5.70. The van der Waals surface area contributed by atoms with Crippen LogP contribution >= 0.6 is 0 Å². The first-order chi connectivity index (χ1) is 9.74. The van der Waals surface area contributed by atoms with Crippen molar-refractivity contribution in [3.63, 3.8) is 0 Å². The molecule has 0 saturated carbocycles. The van der Waals surface area contributed by atoms with E-state index in [0.29, 0.717) is 24.9 Å². The van der Waals surface area contributed by atoms with Gasteiger partial charge in [0.05, 0.1) is 0 Å². The van der Waals surface area contributed by atoms with E-state index in [1.54, 1.807) is 0 Å². The largest absolute Gasteiger partial charge is 0.480 e. The lowest BCUT2D eigenvalue weighted by atomic mass is 9.93. The third kappa shape index (κ3) is 2.80. The van der Waals surface area contributed by atoms with E-state index < -0.39 is 0 Å². The Labute approximate surface area is 119 Å². The van der Waals surface area contributed by atoms with Crippen LogP contribution in [0.4, 0.5) is 0 Å². The maximum absolute atomic E-state index is 12.2. The highest BCUT2D eigenvalue weighted by atomic mass is 16.5. The number of carbonyl (C=O) groups is 1. The van der Waals surface area contributed by atoms with Crippen LogP contribution in [0, 0.1) is 5.92 Å². The van der Waals surface area contributed by atoms with Crippen molar-refractivity contribution >= 4 is 5.91 Å². The van der Waals surface area contributed by atoms with E-state index in [0.717, 1.165) is 17.9 Å². The molecule has 2 N–H and O–H groups in total. The molecule has 108 valence electrons. The Morgan fingerprint density at radius 1 is 1.45 bits per heavy atom. The van der Waals surface area contributed by atoms with E-state index in [1.165, 1.54) is 12.8 Å². The zero-order valence-electron chi connectivity index (χ0n) is 11.9. The second kappa shape index (κ2) is 5.83. The van der Waals surface area contributed by atoms with Gasteiger partial charge >= 0.3 is 0 Å². The Morgan fingerprint density at radius 3 is 3.10 bits per heavy atom. The maximum Gasteiger partial charge on any atom is 0.261 e. The second-order valence-electron chi connectivity index (χ2n) is 5.84. The molecule has 4 heteroatoms. The van der Waals surface area contributed by atoms with Crippen molar-refractivity contribution in [3.05, 3.63) is 29.8 Å². The Balaban J connectivity index is 1.51. The fourth-order valence-corrected chi connectivity index (χ4v) is 3.04. The molecule has 1 aromatic carbocycles. The van der Waals surface area contributed by atoms with Crippen LogP contribution in [-0.2, 0) is 11.2 Å². The normalized spacial score (nSPS) is 28.6. The first kappa shape index (κ1) is 13.4. The lowest BCUT2D eigenvalue weighted by Crippen LogP contribution is -2.50. The quantitative estimate of drug-likeness (QED) is 0.878. The molecular weight excluding hydrogens is 252 g/mol. The van der Waals surface area contributed by atoms with Gasteiger partial charge < -0.3 is 15.4 Å². The molecule has 0 bridgehead atoms. The zero-order valence-corrected chi connectivity index (χ0v) is 11.9. The van der Waals surface area contributed by atoms with Gasteiger partial charge in [0.15, 0.2) is 6.10 Å². The minimum Gasteiger partial charge on any atom is -0.480 e. The van der Waals surface area contributed by atoms with Crippen LogP contribution < -0.4 is 15.4 Å². The Hall–Kier alpha value is -1.55. The summed E-state index contributed by atoms with van der Waals surface area (Å²) in [4.78, 5) is 12.2. The fourth-order valence-electron chi connectivity index (χ4n) is 3.04. The summed E-state index contributed by atoms with van der Waals surface area (Å²) in [6.45, 7) is 3.98. The van der Waals surface area contributed by atoms with Gasteiger partial charge in [-0.1, -0.05) is 25.1 Å². The Bertz CT molecular complexity index is 464. The molecule has 1 fully saturated rings. The van der Waals surface area contributed by atoms with E-state index in [4.69, 9.17) is 4.74 Å². The zero-order chi connectivity index (χ0) is 13.9. The average Bonchev–Trinajstić information content (AvgIpc) is 2.90. The monoisotopic (exact) mass is 274 g/mol. The van der Waals surface area contributed by atoms with Crippen LogP contribution in [0.3, 0.4) is 0 Å². The summed E-state index contributed by atoms with van der Waals surface area (Å²) in [6, 6.07) is 8.25. The number of rotatable bonds is 3. The molecule has 0 aliphatic carbocycles. The minimum atomic E-state index is -0.369. The first-order valence-electron chi connectivity index (χ1n) is 7.49. The van der Waals surface area contributed by atoms with Gasteiger partial charge in [0.1, 0.15) is 5.75 Å². The number of carbonyl (C=O) groups excluding carboxylic acids is 1. The molecule has 0 aromatic heterocycles. The molecule has 0 radical (unpaired) electrons. The van der Waals surface area contributed by atoms with Crippen molar-refractivity contribution in [2.75, 3.05) is 13.1 Å². The number of ether oxygens (including phenoxy) is 1. The van der Waals surface area contributed by atoms with Crippen molar-refractivity contribution in [2.24, 2.45) is 5.92 Å². The average molecular weight is 274 g/mol. The van der Waals surface area contributed by atoms with E-state index in [9.17, 15) is 4.79 Å². The molecule has 20 heavy (non-hydrogen) atoms. The number of hydrogen-bond donors (Lipinski definition) is 2. The van der Waals surface area contributed by atoms with Gasteiger partial charge in [-0.15, -0.1) is 0 Å². The molecule has 2 heterocycles. The lowest BCUT2D eigenvalue weighted by molar-refractivity contribution is -0.127. The Kier molecular flexibility index (Phi) is 3.92. The molecule has 0 spiro atoms. The van der Waals surface area contributed by atoms with E-state index >= 15 is 0 Å². The van der Waals surface area contributed by atoms with Crippen LogP contribution in [0.2, 0.25) is 0 Å². The topological polar surface area (TPSA) is 50.4 Å². The lowest BCUT2D eigenvalue weighted by Gasteiger charge is -2.30. The van der Waals surface area contributed by atoms with Gasteiger partial charge in [-0.3, -0.25) is 4.79 Å². The molecule has 2 aliphatic heterocycles. The summed E-state index contributed by atoms with van der Waals surface area (Å²) in [5.74, 6) is 1.46. The molecule has 3 rings (SSSR count). The number of amides is 1. The van der Waals surface area contributed by atoms with Crippen molar-refractivity contribution in [1.29, 1.82) is 0 Å². The molecular formula is C16H22N2O2. The second-order valence-corrected chi connectivity index (χ2v) is 5.84. The predicted octanol–water partition coefficient (Wildman–Crippen LogP) is 1.49. The van der Waals surface area contributed by atoms with Crippen LogP contribution in [-0.4, -0.2) is 31.1 Å². The third-order valence-corrected chi connectivity index (χ3v) is 4.37. The fraction of sp³-hybridized carbons (Fsp3) is 0.562. The van der Waals surface area contributed by atoms with Crippen LogP contribution in [0.25, 0.3) is 0 Å². The van der Waals surface area contributed by atoms with Crippen molar-refractivity contribution in [1.82, 2.24) is 10.6 Å². The van der Waals surface area contributed by atoms with Gasteiger partial charge in [-0.05, 0) is 36.9 Å². The number of piperidine rings is 1. The van der Waals surface area contributed by atoms with Crippen molar-refractivity contribution < 1.29 is 9.53 Å². The summed E-state index contributed by atoms with van der Waals surface area (Å²) in [7, 11) is 0. The van der Waals surface area contributed by atoms with Gasteiger partial charge in [0.25, 0.3) is 5.91 Å². The van der Waals surface area contributed by atoms with Crippen LogP contribution in [0.5, 0.6) is 5.75 Å². The first-order valence-corrected chi connectivity index (χ1v) is 7.49. The van der Waals surface area contributed by atoms with Gasteiger partial charge in [0.2, 0.25) is 0 Å². The molecule has 1 saturated heterocycles. The van der Waals surface area contributed by atoms with Gasteiger partial charge in [-0.2, -0.15) is 0 Å². The highest BCUT2D eigenvalue weighted by Crippen LogP contribution is 2.28. The molecule has 1 aromatic rings. The van der Waals surface area contributed by atoms with Gasteiger partial charge in [0, 0.05) is 19.0 Å². The molecule has 1 amide bonds. The molecule has 2 aliphatic rings. The molecule has 3 unspecified atom stereocenters. The van der Waals surface area contributed by atoms with Crippen LogP contribution in [0.15, 0.2) is 24.3 Å². The minimum absolute atomic E-state index is 0.000716. The van der Waals surface area contributed by atoms with Crippen molar-refractivity contribution in [3.8, 4) is 5.75 Å². The summed E-state index contributed by atoms with van der Waals surface area (Å²) >= 11 is 0. The standard InChI is InChI=1S/C16H22N2O2/c1-11-5-4-8-17-13(11)10-18-16(19)15-9-12-6-2-3-7-14(12)20-15/h2-3,6-7,11,13,15,17H,4-5,8-10H2,1H3,(H,18,19).